The average Bonchev–Trinajstić information content (AvgIpc) is 2.75. The number of ether oxygens (including phenoxy) is 2. The van der Waals surface area contributed by atoms with E-state index in [9.17, 15) is 0 Å². The lowest BCUT2D eigenvalue weighted by Gasteiger charge is -2.25. The Balaban J connectivity index is 2.11. The standard InChI is InChI=1S/C28H40NO2/c1-8-9-10-11-12-25-24-19-27(31-7)26(30-6)18-21(24)17-20(2)29(25)23-15-13-22(14-16-23)28(3,4)5/h13-16,18-20H,8-12,17H2,1-7H3/q+1. The lowest BCUT2D eigenvalue weighted by Crippen LogP contribution is -2.34. The fourth-order valence-corrected chi connectivity index (χ4v) is 4.67. The molecule has 31 heavy (non-hydrogen) atoms. The fraction of sp³-hybridized carbons (Fsp3) is 0.536. The normalized spacial score (nSPS) is 16.3. The summed E-state index contributed by atoms with van der Waals surface area (Å²) >= 11 is 0. The Morgan fingerprint density at radius 1 is 0.935 bits per heavy atom. The van der Waals surface area contributed by atoms with Gasteiger partial charge in [-0.3, -0.25) is 0 Å². The highest BCUT2D eigenvalue weighted by Crippen LogP contribution is 2.36. The third-order valence-electron chi connectivity index (χ3n) is 6.45. The molecular formula is C28H40NO2+. The summed E-state index contributed by atoms with van der Waals surface area (Å²) < 4.78 is 13.8. The number of methoxy groups -OCH3 is 2. The third-order valence-corrected chi connectivity index (χ3v) is 6.45. The van der Waals surface area contributed by atoms with Crippen molar-refractivity contribution < 1.29 is 14.0 Å². The molecule has 1 heterocycles. The monoisotopic (exact) mass is 422 g/mol. The largest absolute Gasteiger partial charge is 0.493 e. The van der Waals surface area contributed by atoms with Crippen LogP contribution in [-0.2, 0) is 11.8 Å². The number of hydrogen-bond donors (Lipinski definition) is 0. The van der Waals surface area contributed by atoms with Crippen molar-refractivity contribution in [1.82, 2.24) is 0 Å². The highest BCUT2D eigenvalue weighted by molar-refractivity contribution is 6.00. The molecule has 1 aliphatic rings. The molecule has 0 fully saturated rings. The minimum absolute atomic E-state index is 0.162. The van der Waals surface area contributed by atoms with Gasteiger partial charge in [0.25, 0.3) is 0 Å². The van der Waals surface area contributed by atoms with E-state index in [0.29, 0.717) is 6.04 Å². The van der Waals surface area contributed by atoms with Gasteiger partial charge >= 0.3 is 0 Å². The van der Waals surface area contributed by atoms with Crippen LogP contribution in [0.15, 0.2) is 36.4 Å². The van der Waals surface area contributed by atoms with Crippen LogP contribution in [0.25, 0.3) is 0 Å². The summed E-state index contributed by atoms with van der Waals surface area (Å²) in [6.07, 6.45) is 7.10. The van der Waals surface area contributed by atoms with Crippen molar-refractivity contribution in [2.45, 2.75) is 84.6 Å². The topological polar surface area (TPSA) is 21.5 Å². The molecule has 3 nitrogen and oxygen atoms in total. The first-order chi connectivity index (χ1) is 14.8. The molecule has 2 aromatic carbocycles. The molecule has 0 amide bonds. The van der Waals surface area contributed by atoms with Crippen molar-refractivity contribution in [3.63, 3.8) is 0 Å². The Morgan fingerprint density at radius 3 is 2.16 bits per heavy atom. The van der Waals surface area contributed by atoms with Gasteiger partial charge in [-0.1, -0.05) is 59.1 Å². The zero-order valence-corrected chi connectivity index (χ0v) is 20.5. The van der Waals surface area contributed by atoms with Gasteiger partial charge in [-0.2, -0.15) is 4.58 Å². The second kappa shape index (κ2) is 9.89. The Labute approximate surface area is 189 Å². The molecule has 1 aliphatic heterocycles. The zero-order chi connectivity index (χ0) is 22.6. The van der Waals surface area contributed by atoms with Crippen molar-refractivity contribution in [1.29, 1.82) is 0 Å². The second-order valence-electron chi connectivity index (χ2n) is 9.84. The van der Waals surface area contributed by atoms with E-state index in [1.165, 1.54) is 53.8 Å². The molecule has 3 rings (SSSR count). The molecule has 168 valence electrons. The second-order valence-corrected chi connectivity index (χ2v) is 9.84. The summed E-state index contributed by atoms with van der Waals surface area (Å²) in [5, 5.41) is 0. The van der Waals surface area contributed by atoms with Crippen LogP contribution in [0.2, 0.25) is 0 Å². The Morgan fingerprint density at radius 2 is 1.58 bits per heavy atom. The Bertz CT molecular complexity index is 919. The minimum Gasteiger partial charge on any atom is -0.493 e. The molecule has 0 saturated carbocycles. The van der Waals surface area contributed by atoms with Crippen molar-refractivity contribution in [2.24, 2.45) is 0 Å². The van der Waals surface area contributed by atoms with Gasteiger partial charge < -0.3 is 9.47 Å². The predicted molar refractivity (Wildman–Crippen MR) is 131 cm³/mol. The minimum atomic E-state index is 0.162. The van der Waals surface area contributed by atoms with E-state index in [4.69, 9.17) is 9.47 Å². The molecule has 3 heteroatoms. The van der Waals surface area contributed by atoms with Crippen LogP contribution in [0.4, 0.5) is 5.69 Å². The maximum atomic E-state index is 5.66. The fourth-order valence-electron chi connectivity index (χ4n) is 4.67. The van der Waals surface area contributed by atoms with E-state index in [1.807, 2.05) is 0 Å². The van der Waals surface area contributed by atoms with Crippen LogP contribution < -0.4 is 9.47 Å². The lowest BCUT2D eigenvalue weighted by molar-refractivity contribution is -0.483. The number of rotatable bonds is 8. The van der Waals surface area contributed by atoms with Gasteiger partial charge in [0.2, 0.25) is 5.69 Å². The van der Waals surface area contributed by atoms with E-state index in [0.717, 1.165) is 24.3 Å². The summed E-state index contributed by atoms with van der Waals surface area (Å²) in [6, 6.07) is 13.9. The molecule has 0 radical (unpaired) electrons. The summed E-state index contributed by atoms with van der Waals surface area (Å²) in [6.45, 7) is 11.4. The number of nitrogens with zero attached hydrogens (tertiary/aromatic N) is 1. The average molecular weight is 423 g/mol. The van der Waals surface area contributed by atoms with Gasteiger partial charge in [0.1, 0.15) is 0 Å². The molecule has 0 saturated heterocycles. The number of hydrogen-bond acceptors (Lipinski definition) is 2. The molecule has 2 aromatic rings. The van der Waals surface area contributed by atoms with Crippen LogP contribution in [0.5, 0.6) is 11.5 Å². The molecule has 0 N–H and O–H groups in total. The summed E-state index contributed by atoms with van der Waals surface area (Å²) in [4.78, 5) is 0. The van der Waals surface area contributed by atoms with Crippen molar-refractivity contribution in [3.05, 3.63) is 53.1 Å². The first-order valence-corrected chi connectivity index (χ1v) is 11.8. The lowest BCUT2D eigenvalue weighted by atomic mass is 9.86. The van der Waals surface area contributed by atoms with Crippen LogP contribution in [0, 0.1) is 0 Å². The predicted octanol–water partition coefficient (Wildman–Crippen LogP) is 7.05. The molecular weight excluding hydrogens is 382 g/mol. The molecule has 0 bridgehead atoms. The van der Waals surface area contributed by atoms with E-state index < -0.39 is 0 Å². The number of fused-ring (bicyclic) bond motifs is 1. The summed E-state index contributed by atoms with van der Waals surface area (Å²) in [7, 11) is 3.44. The number of unbranched alkanes of at least 4 members (excludes halogenated alkanes) is 3. The van der Waals surface area contributed by atoms with Gasteiger partial charge in [0, 0.05) is 30.5 Å². The van der Waals surface area contributed by atoms with Crippen molar-refractivity contribution >= 4 is 11.4 Å². The Hall–Kier alpha value is -2.29. The third kappa shape index (κ3) is 5.14. The summed E-state index contributed by atoms with van der Waals surface area (Å²) in [5.74, 6) is 1.63. The molecule has 1 unspecified atom stereocenters. The van der Waals surface area contributed by atoms with E-state index in [-0.39, 0.29) is 5.41 Å². The van der Waals surface area contributed by atoms with Gasteiger partial charge in [0.05, 0.1) is 14.2 Å². The Kier molecular flexibility index (Phi) is 7.46. The smallest absolute Gasteiger partial charge is 0.205 e. The van der Waals surface area contributed by atoms with Crippen molar-refractivity contribution in [2.75, 3.05) is 14.2 Å². The van der Waals surface area contributed by atoms with Crippen molar-refractivity contribution in [3.8, 4) is 11.5 Å². The van der Waals surface area contributed by atoms with Crippen LogP contribution in [0.1, 0.15) is 83.4 Å². The van der Waals surface area contributed by atoms with Gasteiger partial charge in [-0.15, -0.1) is 0 Å². The highest BCUT2D eigenvalue weighted by atomic mass is 16.5. The van der Waals surface area contributed by atoms with Crippen LogP contribution >= 0.6 is 0 Å². The first kappa shape index (κ1) is 23.4. The van der Waals surface area contributed by atoms with E-state index >= 15 is 0 Å². The maximum absolute atomic E-state index is 5.66. The quantitative estimate of drug-likeness (QED) is 0.336. The van der Waals surface area contributed by atoms with Crippen LogP contribution in [0.3, 0.4) is 0 Å². The van der Waals surface area contributed by atoms with Gasteiger partial charge in [-0.25, -0.2) is 0 Å². The molecule has 0 aliphatic carbocycles. The van der Waals surface area contributed by atoms with Gasteiger partial charge in [-0.05, 0) is 42.0 Å². The number of benzene rings is 2. The highest BCUT2D eigenvalue weighted by Gasteiger charge is 2.33. The molecule has 1 atom stereocenters. The maximum Gasteiger partial charge on any atom is 0.205 e. The zero-order valence-electron chi connectivity index (χ0n) is 20.5. The molecule has 0 aromatic heterocycles. The SMILES string of the molecule is CCCCCCC1=[N+](c2ccc(C(C)(C)C)cc2)C(C)Cc2cc(OC)c(OC)cc21. The van der Waals surface area contributed by atoms with Crippen LogP contribution in [-0.4, -0.2) is 30.5 Å². The van der Waals surface area contributed by atoms with E-state index in [2.05, 4.69) is 75.6 Å². The summed E-state index contributed by atoms with van der Waals surface area (Å²) in [5.41, 5.74) is 6.90. The van der Waals surface area contributed by atoms with E-state index in [1.54, 1.807) is 14.2 Å². The first-order valence-electron chi connectivity index (χ1n) is 11.8. The van der Waals surface area contributed by atoms with Gasteiger partial charge in [0.15, 0.2) is 23.3 Å². The molecule has 0 spiro atoms.